The SMILES string of the molecule is C=C(C)C=NC(=C)c1ccc(F)cc1. The molecule has 0 atom stereocenters. The van der Waals surface area contributed by atoms with Gasteiger partial charge >= 0.3 is 0 Å². The van der Waals surface area contributed by atoms with Crippen LogP contribution in [0.15, 0.2) is 48.0 Å². The van der Waals surface area contributed by atoms with Gasteiger partial charge in [-0.05, 0) is 42.3 Å². The monoisotopic (exact) mass is 189 g/mol. The molecule has 0 amide bonds. The molecule has 0 aliphatic rings. The molecular weight excluding hydrogens is 177 g/mol. The summed E-state index contributed by atoms with van der Waals surface area (Å²) >= 11 is 0. The lowest BCUT2D eigenvalue weighted by Crippen LogP contribution is -1.82. The maximum atomic E-state index is 12.6. The molecule has 0 N–H and O–H groups in total. The Bertz CT molecular complexity index is 374. The number of allylic oxidation sites excluding steroid dienone is 1. The fourth-order valence-electron chi connectivity index (χ4n) is 0.905. The first-order chi connectivity index (χ1) is 6.59. The lowest BCUT2D eigenvalue weighted by molar-refractivity contribution is 0.627. The van der Waals surface area contributed by atoms with Gasteiger partial charge in [0, 0.05) is 6.21 Å². The van der Waals surface area contributed by atoms with E-state index >= 15 is 0 Å². The highest BCUT2D eigenvalue weighted by atomic mass is 19.1. The Hall–Kier alpha value is -1.70. The zero-order chi connectivity index (χ0) is 10.6. The van der Waals surface area contributed by atoms with E-state index in [1.807, 2.05) is 6.92 Å². The molecule has 0 spiro atoms. The van der Waals surface area contributed by atoms with Gasteiger partial charge in [-0.15, -0.1) is 0 Å². The van der Waals surface area contributed by atoms with Gasteiger partial charge in [-0.1, -0.05) is 13.2 Å². The fourth-order valence-corrected chi connectivity index (χ4v) is 0.905. The van der Waals surface area contributed by atoms with Crippen molar-refractivity contribution in [2.75, 3.05) is 0 Å². The number of benzene rings is 1. The number of hydrogen-bond acceptors (Lipinski definition) is 1. The number of rotatable bonds is 3. The standard InChI is InChI=1S/C12H12FN/c1-9(2)8-14-10(3)11-4-6-12(13)7-5-11/h4-8H,1,3H2,2H3. The average Bonchev–Trinajstić information content (AvgIpc) is 2.15. The molecule has 0 heterocycles. The van der Waals surface area contributed by atoms with Gasteiger partial charge in [0.25, 0.3) is 0 Å². The predicted molar refractivity (Wildman–Crippen MR) is 58.7 cm³/mol. The summed E-state index contributed by atoms with van der Waals surface area (Å²) in [4.78, 5) is 4.08. The smallest absolute Gasteiger partial charge is 0.123 e. The van der Waals surface area contributed by atoms with E-state index in [-0.39, 0.29) is 5.82 Å². The van der Waals surface area contributed by atoms with E-state index in [0.29, 0.717) is 5.70 Å². The van der Waals surface area contributed by atoms with Crippen molar-refractivity contribution < 1.29 is 4.39 Å². The topological polar surface area (TPSA) is 12.4 Å². The first-order valence-corrected chi connectivity index (χ1v) is 4.24. The molecule has 0 saturated heterocycles. The molecule has 72 valence electrons. The maximum Gasteiger partial charge on any atom is 0.123 e. The molecule has 1 aromatic rings. The number of aliphatic imine (C=N–C) groups is 1. The van der Waals surface area contributed by atoms with Crippen molar-refractivity contribution in [2.24, 2.45) is 4.99 Å². The summed E-state index contributed by atoms with van der Waals surface area (Å²) in [7, 11) is 0. The van der Waals surface area contributed by atoms with Crippen molar-refractivity contribution in [1.82, 2.24) is 0 Å². The van der Waals surface area contributed by atoms with Crippen LogP contribution in [0.25, 0.3) is 5.70 Å². The first-order valence-electron chi connectivity index (χ1n) is 4.24. The molecule has 1 aromatic carbocycles. The van der Waals surface area contributed by atoms with E-state index < -0.39 is 0 Å². The molecular formula is C12H12FN. The van der Waals surface area contributed by atoms with Gasteiger partial charge in [-0.3, -0.25) is 4.99 Å². The minimum absolute atomic E-state index is 0.259. The average molecular weight is 189 g/mol. The Balaban J connectivity index is 2.80. The van der Waals surface area contributed by atoms with Crippen LogP contribution in [-0.2, 0) is 0 Å². The van der Waals surface area contributed by atoms with Crippen LogP contribution >= 0.6 is 0 Å². The van der Waals surface area contributed by atoms with Crippen LogP contribution in [0.2, 0.25) is 0 Å². The molecule has 1 nitrogen and oxygen atoms in total. The molecule has 14 heavy (non-hydrogen) atoms. The summed E-state index contributed by atoms with van der Waals surface area (Å²) in [6.45, 7) is 9.30. The van der Waals surface area contributed by atoms with E-state index in [0.717, 1.165) is 11.1 Å². The van der Waals surface area contributed by atoms with E-state index in [1.54, 1.807) is 18.3 Å². The van der Waals surface area contributed by atoms with Crippen molar-refractivity contribution in [3.63, 3.8) is 0 Å². The fraction of sp³-hybridized carbons (Fsp3) is 0.0833. The van der Waals surface area contributed by atoms with Gasteiger partial charge in [0.1, 0.15) is 5.82 Å². The molecule has 0 radical (unpaired) electrons. The molecule has 1 rings (SSSR count). The summed E-state index contributed by atoms with van der Waals surface area (Å²) in [6, 6.07) is 6.06. The van der Waals surface area contributed by atoms with Crippen LogP contribution in [0.5, 0.6) is 0 Å². The minimum Gasteiger partial charge on any atom is -0.257 e. The van der Waals surface area contributed by atoms with Crippen LogP contribution in [-0.4, -0.2) is 6.21 Å². The Labute approximate surface area is 83.3 Å². The third kappa shape index (κ3) is 2.98. The van der Waals surface area contributed by atoms with E-state index in [9.17, 15) is 4.39 Å². The van der Waals surface area contributed by atoms with Crippen molar-refractivity contribution in [3.05, 3.63) is 54.4 Å². The normalized spacial score (nSPS) is 10.4. The maximum absolute atomic E-state index is 12.6. The zero-order valence-corrected chi connectivity index (χ0v) is 8.13. The van der Waals surface area contributed by atoms with E-state index in [1.165, 1.54) is 12.1 Å². The third-order valence-electron chi connectivity index (χ3n) is 1.62. The lowest BCUT2D eigenvalue weighted by Gasteiger charge is -1.98. The van der Waals surface area contributed by atoms with Crippen LogP contribution in [0.4, 0.5) is 4.39 Å². The minimum atomic E-state index is -0.259. The van der Waals surface area contributed by atoms with Gasteiger partial charge in [0.05, 0.1) is 5.70 Å². The summed E-state index contributed by atoms with van der Waals surface area (Å²) in [6.07, 6.45) is 1.63. The van der Waals surface area contributed by atoms with Gasteiger partial charge in [0.2, 0.25) is 0 Å². The summed E-state index contributed by atoms with van der Waals surface area (Å²) in [5, 5.41) is 0. The van der Waals surface area contributed by atoms with Crippen molar-refractivity contribution >= 4 is 11.9 Å². The van der Waals surface area contributed by atoms with Crippen molar-refractivity contribution in [2.45, 2.75) is 6.92 Å². The Morgan fingerprint density at radius 3 is 2.36 bits per heavy atom. The Morgan fingerprint density at radius 2 is 1.86 bits per heavy atom. The number of halogens is 1. The molecule has 0 fully saturated rings. The lowest BCUT2D eigenvalue weighted by atomic mass is 10.2. The van der Waals surface area contributed by atoms with Crippen molar-refractivity contribution in [1.29, 1.82) is 0 Å². The highest BCUT2D eigenvalue weighted by molar-refractivity contribution is 5.82. The third-order valence-corrected chi connectivity index (χ3v) is 1.62. The highest BCUT2D eigenvalue weighted by Gasteiger charge is 1.95. The summed E-state index contributed by atoms with van der Waals surface area (Å²) in [5.74, 6) is -0.259. The predicted octanol–water partition coefficient (Wildman–Crippen LogP) is 3.44. The van der Waals surface area contributed by atoms with Gasteiger partial charge in [0.15, 0.2) is 0 Å². The Kier molecular flexibility index (Phi) is 3.35. The van der Waals surface area contributed by atoms with Crippen LogP contribution in [0.3, 0.4) is 0 Å². The van der Waals surface area contributed by atoms with Gasteiger partial charge < -0.3 is 0 Å². The first kappa shape index (κ1) is 10.4. The molecule has 2 heteroatoms. The van der Waals surface area contributed by atoms with Crippen LogP contribution < -0.4 is 0 Å². The molecule has 0 unspecified atom stereocenters. The van der Waals surface area contributed by atoms with Gasteiger partial charge in [-0.2, -0.15) is 0 Å². The Morgan fingerprint density at radius 1 is 1.29 bits per heavy atom. The highest BCUT2D eigenvalue weighted by Crippen LogP contribution is 2.13. The largest absolute Gasteiger partial charge is 0.257 e. The number of hydrogen-bond donors (Lipinski definition) is 0. The van der Waals surface area contributed by atoms with E-state index in [4.69, 9.17) is 0 Å². The summed E-state index contributed by atoms with van der Waals surface area (Å²) in [5.41, 5.74) is 2.27. The molecule has 0 saturated carbocycles. The molecule has 0 aromatic heterocycles. The molecule has 0 aliphatic carbocycles. The van der Waals surface area contributed by atoms with Crippen LogP contribution in [0.1, 0.15) is 12.5 Å². The van der Waals surface area contributed by atoms with Crippen LogP contribution in [0, 0.1) is 5.82 Å². The molecule has 0 aliphatic heterocycles. The summed E-state index contributed by atoms with van der Waals surface area (Å²) < 4.78 is 12.6. The van der Waals surface area contributed by atoms with Gasteiger partial charge in [-0.25, -0.2) is 4.39 Å². The number of nitrogens with zero attached hydrogens (tertiary/aromatic N) is 1. The second-order valence-electron chi connectivity index (χ2n) is 3.06. The second kappa shape index (κ2) is 4.51. The van der Waals surface area contributed by atoms with Crippen molar-refractivity contribution in [3.8, 4) is 0 Å². The zero-order valence-electron chi connectivity index (χ0n) is 8.13. The molecule has 0 bridgehead atoms. The quantitative estimate of drug-likeness (QED) is 0.646. The van der Waals surface area contributed by atoms with E-state index in [2.05, 4.69) is 18.2 Å². The second-order valence-corrected chi connectivity index (χ2v) is 3.06.